The number of fused-ring (bicyclic) bond motifs is 1. The Bertz CT molecular complexity index is 900. The molecule has 0 saturated heterocycles. The van der Waals surface area contributed by atoms with Gasteiger partial charge in [0.05, 0.1) is 0 Å². The molecule has 0 saturated carbocycles. The van der Waals surface area contributed by atoms with E-state index >= 15 is 0 Å². The molecule has 128 valence electrons. The average molecular weight is 356 g/mol. The van der Waals surface area contributed by atoms with Gasteiger partial charge in [-0.3, -0.25) is 0 Å². The van der Waals surface area contributed by atoms with E-state index < -0.39 is 38.4 Å². The van der Waals surface area contributed by atoms with E-state index in [1.807, 2.05) is 0 Å². The summed E-state index contributed by atoms with van der Waals surface area (Å²) in [7, 11) is -4.35. The highest BCUT2D eigenvalue weighted by Crippen LogP contribution is 2.32. The van der Waals surface area contributed by atoms with E-state index in [0.717, 1.165) is 24.0 Å². The van der Waals surface area contributed by atoms with Crippen LogP contribution in [0.2, 0.25) is 0 Å². The maximum Gasteiger partial charge on any atom is 0.244 e. The summed E-state index contributed by atoms with van der Waals surface area (Å²) in [5.74, 6) is -4.20. The van der Waals surface area contributed by atoms with Gasteiger partial charge in [0.1, 0.15) is 10.7 Å². The van der Waals surface area contributed by atoms with Crippen LogP contribution in [0.3, 0.4) is 0 Å². The van der Waals surface area contributed by atoms with Crippen molar-refractivity contribution >= 4 is 15.7 Å². The summed E-state index contributed by atoms with van der Waals surface area (Å²) < 4.78 is 67.3. The molecule has 0 heterocycles. The fourth-order valence-corrected chi connectivity index (χ4v) is 4.24. The smallest absolute Gasteiger partial charge is 0.244 e. The van der Waals surface area contributed by atoms with Crippen LogP contribution in [0.15, 0.2) is 35.2 Å². The van der Waals surface area contributed by atoms with Crippen molar-refractivity contribution in [3.05, 3.63) is 58.9 Å². The third-order valence-electron chi connectivity index (χ3n) is 4.04. The molecule has 24 heavy (non-hydrogen) atoms. The lowest BCUT2D eigenvalue weighted by molar-refractivity contribution is 0.475. The molecule has 0 radical (unpaired) electrons. The fraction of sp³-hybridized carbons (Fsp3) is 0.250. The lowest BCUT2D eigenvalue weighted by Crippen LogP contribution is -2.31. The number of nitrogens with two attached hydrogens (primary N) is 1. The molecule has 8 heteroatoms. The standard InChI is InChI=1S/C16H15F3N2O2S/c17-12-7-14(19)16(8-13(12)18)24(22,23)21-15-3-1-2-9-6-10(20)4-5-11(9)15/h4-8,15,21H,1-3,20H2. The molecular weight excluding hydrogens is 341 g/mol. The number of halogens is 3. The highest BCUT2D eigenvalue weighted by Gasteiger charge is 2.28. The molecular formula is C16H15F3N2O2S. The number of aryl methyl sites for hydroxylation is 1. The van der Waals surface area contributed by atoms with Crippen molar-refractivity contribution in [2.24, 2.45) is 0 Å². The second-order valence-electron chi connectivity index (χ2n) is 5.72. The maximum absolute atomic E-state index is 13.8. The first-order chi connectivity index (χ1) is 11.3. The van der Waals surface area contributed by atoms with Crippen LogP contribution in [0.1, 0.15) is 30.0 Å². The third kappa shape index (κ3) is 3.11. The molecule has 4 nitrogen and oxygen atoms in total. The highest BCUT2D eigenvalue weighted by molar-refractivity contribution is 7.89. The van der Waals surface area contributed by atoms with Crippen LogP contribution in [0.25, 0.3) is 0 Å². The molecule has 0 spiro atoms. The number of hydrogen-bond donors (Lipinski definition) is 2. The minimum atomic E-state index is -4.35. The van der Waals surface area contributed by atoms with Gasteiger partial charge in [-0.1, -0.05) is 6.07 Å². The summed E-state index contributed by atoms with van der Waals surface area (Å²) in [4.78, 5) is -0.913. The third-order valence-corrected chi connectivity index (χ3v) is 5.53. The van der Waals surface area contributed by atoms with E-state index in [2.05, 4.69) is 4.72 Å². The zero-order valence-electron chi connectivity index (χ0n) is 12.5. The molecule has 3 N–H and O–H groups in total. The van der Waals surface area contributed by atoms with Crippen LogP contribution in [-0.4, -0.2) is 8.42 Å². The van der Waals surface area contributed by atoms with Gasteiger partial charge < -0.3 is 5.73 Å². The van der Waals surface area contributed by atoms with Crippen molar-refractivity contribution in [3.8, 4) is 0 Å². The summed E-state index contributed by atoms with van der Waals surface area (Å²) in [6, 6.07) is 5.14. The van der Waals surface area contributed by atoms with Gasteiger partial charge in [-0.2, -0.15) is 0 Å². The zero-order chi connectivity index (χ0) is 17.5. The Morgan fingerprint density at radius 1 is 1.04 bits per heavy atom. The van der Waals surface area contributed by atoms with Crippen LogP contribution in [0.4, 0.5) is 18.9 Å². The van der Waals surface area contributed by atoms with Gasteiger partial charge in [0.15, 0.2) is 11.6 Å². The van der Waals surface area contributed by atoms with E-state index in [0.29, 0.717) is 18.2 Å². The monoisotopic (exact) mass is 356 g/mol. The molecule has 1 aliphatic rings. The van der Waals surface area contributed by atoms with Crippen molar-refractivity contribution in [3.63, 3.8) is 0 Å². The van der Waals surface area contributed by atoms with E-state index in [9.17, 15) is 21.6 Å². The van der Waals surface area contributed by atoms with Crippen molar-refractivity contribution in [2.75, 3.05) is 5.73 Å². The zero-order valence-corrected chi connectivity index (χ0v) is 13.3. The Morgan fingerprint density at radius 2 is 1.75 bits per heavy atom. The Labute approximate surface area is 137 Å². The summed E-state index contributed by atoms with van der Waals surface area (Å²) in [6.45, 7) is 0. The second-order valence-corrected chi connectivity index (χ2v) is 7.40. The van der Waals surface area contributed by atoms with Crippen molar-refractivity contribution < 1.29 is 21.6 Å². The molecule has 1 atom stereocenters. The summed E-state index contributed by atoms with van der Waals surface area (Å²) in [5, 5.41) is 0. The van der Waals surface area contributed by atoms with Gasteiger partial charge in [0, 0.05) is 17.8 Å². The Hall–Kier alpha value is -2.06. The van der Waals surface area contributed by atoms with Gasteiger partial charge in [-0.05, 0) is 48.6 Å². The van der Waals surface area contributed by atoms with Crippen LogP contribution in [0.5, 0.6) is 0 Å². The topological polar surface area (TPSA) is 72.2 Å². The molecule has 0 fully saturated rings. The van der Waals surface area contributed by atoms with Crippen LogP contribution in [0, 0.1) is 17.5 Å². The quantitative estimate of drug-likeness (QED) is 0.656. The molecule has 1 unspecified atom stereocenters. The fourth-order valence-electron chi connectivity index (χ4n) is 2.92. The first-order valence-electron chi connectivity index (χ1n) is 7.33. The van der Waals surface area contributed by atoms with Crippen LogP contribution < -0.4 is 10.5 Å². The van der Waals surface area contributed by atoms with E-state index in [1.165, 1.54) is 0 Å². The second kappa shape index (κ2) is 6.10. The predicted octanol–water partition coefficient (Wildman–Crippen LogP) is 3.04. The number of benzene rings is 2. The SMILES string of the molecule is Nc1ccc2c(c1)CCCC2NS(=O)(=O)c1cc(F)c(F)cc1F. The number of anilines is 1. The van der Waals surface area contributed by atoms with Crippen LogP contribution in [-0.2, 0) is 16.4 Å². The molecule has 1 aliphatic carbocycles. The van der Waals surface area contributed by atoms with Gasteiger partial charge in [-0.15, -0.1) is 0 Å². The maximum atomic E-state index is 13.8. The van der Waals surface area contributed by atoms with E-state index in [4.69, 9.17) is 5.73 Å². The molecule has 0 amide bonds. The first kappa shape index (κ1) is 16.8. The predicted molar refractivity (Wildman–Crippen MR) is 83.2 cm³/mol. The normalized spacial score (nSPS) is 17.5. The van der Waals surface area contributed by atoms with Crippen molar-refractivity contribution in [1.29, 1.82) is 0 Å². The molecule has 0 bridgehead atoms. The lowest BCUT2D eigenvalue weighted by Gasteiger charge is -2.26. The minimum Gasteiger partial charge on any atom is -0.399 e. The van der Waals surface area contributed by atoms with E-state index in [1.54, 1.807) is 18.2 Å². The Morgan fingerprint density at radius 3 is 2.50 bits per heavy atom. The largest absolute Gasteiger partial charge is 0.399 e. The first-order valence-corrected chi connectivity index (χ1v) is 8.81. The average Bonchev–Trinajstić information content (AvgIpc) is 2.50. The molecule has 2 aromatic rings. The number of hydrogen-bond acceptors (Lipinski definition) is 3. The van der Waals surface area contributed by atoms with E-state index in [-0.39, 0.29) is 6.07 Å². The molecule has 2 aromatic carbocycles. The minimum absolute atomic E-state index is 0.222. The summed E-state index contributed by atoms with van der Waals surface area (Å²) >= 11 is 0. The number of nitrogen functional groups attached to an aromatic ring is 1. The lowest BCUT2D eigenvalue weighted by atomic mass is 9.88. The summed E-state index contributed by atoms with van der Waals surface area (Å²) in [6.07, 6.45) is 2.00. The summed E-state index contributed by atoms with van der Waals surface area (Å²) in [5.41, 5.74) is 7.97. The number of rotatable bonds is 3. The Balaban J connectivity index is 1.96. The highest BCUT2D eigenvalue weighted by atomic mass is 32.2. The molecule has 3 rings (SSSR count). The Kier molecular flexibility index (Phi) is 4.27. The molecule has 0 aromatic heterocycles. The van der Waals surface area contributed by atoms with Gasteiger partial charge >= 0.3 is 0 Å². The molecule has 0 aliphatic heterocycles. The van der Waals surface area contributed by atoms with Gasteiger partial charge in [0.25, 0.3) is 0 Å². The number of sulfonamides is 1. The van der Waals surface area contributed by atoms with Gasteiger partial charge in [0.2, 0.25) is 10.0 Å². The van der Waals surface area contributed by atoms with Crippen molar-refractivity contribution in [1.82, 2.24) is 4.72 Å². The van der Waals surface area contributed by atoms with Gasteiger partial charge in [-0.25, -0.2) is 26.3 Å². The van der Waals surface area contributed by atoms with Crippen molar-refractivity contribution in [2.45, 2.75) is 30.2 Å². The number of nitrogens with one attached hydrogen (secondary N) is 1. The van der Waals surface area contributed by atoms with Crippen LogP contribution >= 0.6 is 0 Å².